The fourth-order valence-corrected chi connectivity index (χ4v) is 2.57. The number of benzene rings is 2. The minimum absolute atomic E-state index is 0.0301. The predicted molar refractivity (Wildman–Crippen MR) is 100 cm³/mol. The van der Waals surface area contributed by atoms with Gasteiger partial charge >= 0.3 is 6.18 Å². The molecule has 0 atom stereocenters. The second-order valence-electron chi connectivity index (χ2n) is 6.16. The summed E-state index contributed by atoms with van der Waals surface area (Å²) in [5.41, 5.74) is -0.267. The van der Waals surface area contributed by atoms with Gasteiger partial charge in [0.25, 0.3) is 0 Å². The maximum absolute atomic E-state index is 13.0. The molecule has 0 aliphatic heterocycles. The van der Waals surface area contributed by atoms with Gasteiger partial charge in [0, 0.05) is 6.54 Å². The van der Waals surface area contributed by atoms with Gasteiger partial charge in [0.05, 0.1) is 24.3 Å². The molecule has 2 amide bonds. The Kier molecular flexibility index (Phi) is 7.57. The van der Waals surface area contributed by atoms with Gasteiger partial charge in [-0.15, -0.1) is 0 Å². The first kappa shape index (κ1) is 21.4. The molecule has 150 valence electrons. The van der Waals surface area contributed by atoms with Gasteiger partial charge in [-0.2, -0.15) is 13.2 Å². The quantitative estimate of drug-likeness (QED) is 0.724. The monoisotopic (exact) mass is 393 g/mol. The normalized spacial score (nSPS) is 11.3. The van der Waals surface area contributed by atoms with Crippen LogP contribution in [-0.4, -0.2) is 36.3 Å². The lowest BCUT2D eigenvalue weighted by molar-refractivity contribution is -0.137. The zero-order valence-corrected chi connectivity index (χ0v) is 15.4. The summed E-state index contributed by atoms with van der Waals surface area (Å²) < 4.78 is 39.0. The molecule has 0 aromatic heterocycles. The molecule has 5 nitrogen and oxygen atoms in total. The number of para-hydroxylation sites is 1. The molecule has 0 heterocycles. The number of halogens is 3. The van der Waals surface area contributed by atoms with Crippen molar-refractivity contribution in [2.24, 2.45) is 0 Å². The van der Waals surface area contributed by atoms with Gasteiger partial charge in [0.1, 0.15) is 0 Å². The van der Waals surface area contributed by atoms with Gasteiger partial charge < -0.3 is 10.6 Å². The molecule has 0 unspecified atom stereocenters. The molecule has 2 aromatic carbocycles. The molecule has 0 aliphatic rings. The van der Waals surface area contributed by atoms with Crippen molar-refractivity contribution in [3.63, 3.8) is 0 Å². The molecule has 28 heavy (non-hydrogen) atoms. The summed E-state index contributed by atoms with van der Waals surface area (Å²) in [4.78, 5) is 25.8. The third-order valence-corrected chi connectivity index (χ3v) is 4.02. The summed E-state index contributed by atoms with van der Waals surface area (Å²) in [5.74, 6) is -0.886. The van der Waals surface area contributed by atoms with Crippen LogP contribution in [-0.2, 0) is 22.3 Å². The van der Waals surface area contributed by atoms with Crippen molar-refractivity contribution in [2.45, 2.75) is 19.6 Å². The van der Waals surface area contributed by atoms with Crippen LogP contribution in [0.25, 0.3) is 0 Å². The summed E-state index contributed by atoms with van der Waals surface area (Å²) >= 11 is 0. The van der Waals surface area contributed by atoms with E-state index >= 15 is 0 Å². The molecule has 2 rings (SSSR count). The summed E-state index contributed by atoms with van der Waals surface area (Å²) in [7, 11) is 0. The number of rotatable bonds is 8. The summed E-state index contributed by atoms with van der Waals surface area (Å²) in [6, 6.07) is 14.1. The zero-order chi connectivity index (χ0) is 20.6. The Hall–Kier alpha value is -2.87. The summed E-state index contributed by atoms with van der Waals surface area (Å²) in [6.45, 7) is 2.30. The molecule has 0 saturated carbocycles. The van der Waals surface area contributed by atoms with Gasteiger partial charge in [-0.1, -0.05) is 49.4 Å². The smallest absolute Gasteiger partial charge is 0.351 e. The van der Waals surface area contributed by atoms with E-state index in [2.05, 4.69) is 10.6 Å². The molecule has 0 bridgehead atoms. The number of alkyl halides is 3. The maximum atomic E-state index is 13.0. The molecule has 0 aliphatic carbocycles. The Labute approximate surface area is 161 Å². The SMILES string of the molecule is CCN(CC(=O)NCc1ccccc1)CC(=O)Nc1ccccc1C(F)(F)F. The van der Waals surface area contributed by atoms with Crippen LogP contribution in [0.3, 0.4) is 0 Å². The van der Waals surface area contributed by atoms with Crippen LogP contribution in [0.4, 0.5) is 18.9 Å². The number of hydrogen-bond donors (Lipinski definition) is 2. The number of nitrogens with one attached hydrogen (secondary N) is 2. The van der Waals surface area contributed by atoms with Crippen LogP contribution >= 0.6 is 0 Å². The highest BCUT2D eigenvalue weighted by Gasteiger charge is 2.33. The van der Waals surface area contributed by atoms with Gasteiger partial charge in [-0.05, 0) is 24.2 Å². The lowest BCUT2D eigenvalue weighted by atomic mass is 10.1. The summed E-state index contributed by atoms with van der Waals surface area (Å²) in [6.07, 6.45) is -4.56. The van der Waals surface area contributed by atoms with Crippen LogP contribution in [0.2, 0.25) is 0 Å². The van der Waals surface area contributed by atoms with E-state index in [0.717, 1.165) is 11.6 Å². The predicted octanol–water partition coefficient (Wildman–Crippen LogP) is 3.28. The number of anilines is 1. The van der Waals surface area contributed by atoms with E-state index in [9.17, 15) is 22.8 Å². The highest BCUT2D eigenvalue weighted by molar-refractivity contribution is 5.93. The van der Waals surface area contributed by atoms with E-state index in [-0.39, 0.29) is 24.7 Å². The molecule has 0 radical (unpaired) electrons. The topological polar surface area (TPSA) is 61.4 Å². The minimum atomic E-state index is -4.56. The molecular weight excluding hydrogens is 371 g/mol. The standard InChI is InChI=1S/C20H22F3N3O2/c1-2-26(13-18(27)24-12-15-8-4-3-5-9-15)14-19(28)25-17-11-7-6-10-16(17)20(21,22)23/h3-11H,2,12-14H2,1H3,(H,24,27)(H,25,28). The van der Waals surface area contributed by atoms with Crippen LogP contribution < -0.4 is 10.6 Å². The average molecular weight is 393 g/mol. The first-order chi connectivity index (χ1) is 13.3. The van der Waals surface area contributed by atoms with Gasteiger partial charge in [-0.25, -0.2) is 0 Å². The highest BCUT2D eigenvalue weighted by atomic mass is 19.4. The Balaban J connectivity index is 1.88. The van der Waals surface area contributed by atoms with Crippen molar-refractivity contribution in [2.75, 3.05) is 25.0 Å². The molecule has 0 fully saturated rings. The van der Waals surface area contributed by atoms with Gasteiger partial charge in [-0.3, -0.25) is 14.5 Å². The second-order valence-corrected chi connectivity index (χ2v) is 6.16. The van der Waals surface area contributed by atoms with Crippen molar-refractivity contribution in [1.82, 2.24) is 10.2 Å². The second kappa shape index (κ2) is 9.89. The van der Waals surface area contributed by atoms with Crippen LogP contribution in [0.5, 0.6) is 0 Å². The number of hydrogen-bond acceptors (Lipinski definition) is 3. The van der Waals surface area contributed by atoms with Gasteiger partial charge in [0.2, 0.25) is 11.8 Å². The van der Waals surface area contributed by atoms with Crippen LogP contribution in [0.15, 0.2) is 54.6 Å². The van der Waals surface area contributed by atoms with E-state index < -0.39 is 17.6 Å². The number of likely N-dealkylation sites (N-methyl/N-ethyl adjacent to an activating group) is 1. The largest absolute Gasteiger partial charge is 0.418 e. The van der Waals surface area contributed by atoms with E-state index in [0.29, 0.717) is 13.1 Å². The number of nitrogens with zero attached hydrogens (tertiary/aromatic N) is 1. The summed E-state index contributed by atoms with van der Waals surface area (Å²) in [5, 5.41) is 5.04. The minimum Gasteiger partial charge on any atom is -0.351 e. The Morgan fingerprint density at radius 3 is 2.18 bits per heavy atom. The maximum Gasteiger partial charge on any atom is 0.418 e. The highest BCUT2D eigenvalue weighted by Crippen LogP contribution is 2.34. The van der Waals surface area contributed by atoms with Crippen molar-refractivity contribution in [3.8, 4) is 0 Å². The van der Waals surface area contributed by atoms with Crippen LogP contribution in [0, 0.1) is 0 Å². The Bertz CT molecular complexity index is 795. The van der Waals surface area contributed by atoms with Crippen molar-refractivity contribution < 1.29 is 22.8 Å². The molecular formula is C20H22F3N3O2. The molecule has 2 aromatic rings. The fraction of sp³-hybridized carbons (Fsp3) is 0.300. The molecule has 2 N–H and O–H groups in total. The van der Waals surface area contributed by atoms with Gasteiger partial charge in [0.15, 0.2) is 0 Å². The molecule has 8 heteroatoms. The number of amides is 2. The lowest BCUT2D eigenvalue weighted by Gasteiger charge is -2.20. The third kappa shape index (κ3) is 6.70. The first-order valence-electron chi connectivity index (χ1n) is 8.78. The Morgan fingerprint density at radius 1 is 0.929 bits per heavy atom. The van der Waals surface area contributed by atoms with Crippen LogP contribution in [0.1, 0.15) is 18.1 Å². The van der Waals surface area contributed by atoms with Crippen molar-refractivity contribution in [3.05, 3.63) is 65.7 Å². The van der Waals surface area contributed by atoms with E-state index in [4.69, 9.17) is 0 Å². The van der Waals surface area contributed by atoms with Crippen molar-refractivity contribution in [1.29, 1.82) is 0 Å². The molecule has 0 spiro atoms. The van der Waals surface area contributed by atoms with Crippen molar-refractivity contribution >= 4 is 17.5 Å². The first-order valence-corrected chi connectivity index (χ1v) is 8.78. The zero-order valence-electron chi connectivity index (χ0n) is 15.4. The lowest BCUT2D eigenvalue weighted by Crippen LogP contribution is -2.41. The van der Waals surface area contributed by atoms with E-state index in [1.165, 1.54) is 18.2 Å². The van der Waals surface area contributed by atoms with E-state index in [1.807, 2.05) is 30.3 Å². The Morgan fingerprint density at radius 2 is 1.54 bits per heavy atom. The number of carbonyl (C=O) groups excluding carboxylic acids is 2. The molecule has 0 saturated heterocycles. The fourth-order valence-electron chi connectivity index (χ4n) is 2.57. The average Bonchev–Trinajstić information content (AvgIpc) is 2.66. The van der Waals surface area contributed by atoms with E-state index in [1.54, 1.807) is 11.8 Å². The number of carbonyl (C=O) groups is 2. The third-order valence-electron chi connectivity index (χ3n) is 4.02.